The molecule has 0 amide bonds. The molecule has 1 atom stereocenters. The first kappa shape index (κ1) is 19.5. The van der Waals surface area contributed by atoms with Crippen LogP contribution in [0.5, 0.6) is 0 Å². The largest absolute Gasteiger partial charge is 0.478 e. The molecule has 2 aromatic carbocycles. The number of thioether (sulfide) groups is 1. The standard InChI is InChI=1S/C22H17N3O4S/c26-20(27)16-8-4-7-15(11-16)19-10-9-17(29-19)12-18-21(28)30-22(24-18)25-23-13-14-5-2-1-3-6-14/h1-13,22,24-25H,(H,26,27)/b18-12-,23-13?/t22-/m0/s1. The topological polar surface area (TPSA) is 104 Å². The van der Waals surface area contributed by atoms with Crippen LogP contribution in [0, 0.1) is 0 Å². The van der Waals surface area contributed by atoms with Gasteiger partial charge in [-0.2, -0.15) is 5.10 Å². The molecule has 150 valence electrons. The number of rotatable bonds is 6. The van der Waals surface area contributed by atoms with E-state index in [0.717, 1.165) is 17.3 Å². The molecule has 0 spiro atoms. The first-order chi connectivity index (χ1) is 14.6. The SMILES string of the molecule is O=C1S[C@H](NN=Cc2ccccc2)N/C1=C\c1ccc(-c2cccc(C(=O)O)c2)o1. The summed E-state index contributed by atoms with van der Waals surface area (Å²) in [4.78, 5) is 23.4. The van der Waals surface area contributed by atoms with Crippen LogP contribution < -0.4 is 10.7 Å². The number of carbonyl (C=O) groups excluding carboxylic acids is 1. The van der Waals surface area contributed by atoms with Crippen molar-refractivity contribution in [2.45, 2.75) is 5.50 Å². The summed E-state index contributed by atoms with van der Waals surface area (Å²) in [5.41, 5.74) is 4.68. The van der Waals surface area contributed by atoms with E-state index in [4.69, 9.17) is 9.52 Å². The number of nitrogens with one attached hydrogen (secondary N) is 2. The van der Waals surface area contributed by atoms with Crippen molar-refractivity contribution in [1.29, 1.82) is 0 Å². The number of benzene rings is 2. The van der Waals surface area contributed by atoms with Crippen LogP contribution >= 0.6 is 11.8 Å². The Morgan fingerprint density at radius 1 is 1.13 bits per heavy atom. The van der Waals surface area contributed by atoms with Gasteiger partial charge in [0.1, 0.15) is 11.5 Å². The number of carbonyl (C=O) groups is 2. The Hall–Kier alpha value is -3.78. The second-order valence-electron chi connectivity index (χ2n) is 6.37. The highest BCUT2D eigenvalue weighted by atomic mass is 32.2. The summed E-state index contributed by atoms with van der Waals surface area (Å²) in [5.74, 6) is -0.00205. The van der Waals surface area contributed by atoms with E-state index in [1.165, 1.54) is 12.1 Å². The highest BCUT2D eigenvalue weighted by molar-refractivity contribution is 8.15. The molecule has 1 saturated heterocycles. The van der Waals surface area contributed by atoms with Crippen LogP contribution in [0.25, 0.3) is 17.4 Å². The van der Waals surface area contributed by atoms with Gasteiger partial charge in [0.05, 0.1) is 17.5 Å². The lowest BCUT2D eigenvalue weighted by Gasteiger charge is -2.07. The van der Waals surface area contributed by atoms with Gasteiger partial charge in [-0.1, -0.05) is 42.5 Å². The van der Waals surface area contributed by atoms with E-state index in [-0.39, 0.29) is 16.2 Å². The first-order valence-electron chi connectivity index (χ1n) is 9.05. The molecule has 30 heavy (non-hydrogen) atoms. The van der Waals surface area contributed by atoms with Crippen molar-refractivity contribution >= 4 is 35.1 Å². The van der Waals surface area contributed by atoms with E-state index < -0.39 is 5.97 Å². The maximum Gasteiger partial charge on any atom is 0.335 e. The summed E-state index contributed by atoms with van der Waals surface area (Å²) >= 11 is 1.09. The van der Waals surface area contributed by atoms with Crippen molar-refractivity contribution < 1.29 is 19.1 Å². The molecule has 1 aliphatic heterocycles. The number of hydrogen-bond donors (Lipinski definition) is 3. The maximum atomic E-state index is 12.3. The predicted octanol–water partition coefficient (Wildman–Crippen LogP) is 3.76. The van der Waals surface area contributed by atoms with Crippen LogP contribution in [0.1, 0.15) is 21.7 Å². The van der Waals surface area contributed by atoms with Gasteiger partial charge < -0.3 is 14.8 Å². The minimum atomic E-state index is -1.00. The second-order valence-corrected chi connectivity index (χ2v) is 7.45. The third-order valence-electron chi connectivity index (χ3n) is 4.24. The van der Waals surface area contributed by atoms with E-state index in [1.54, 1.807) is 36.6 Å². The monoisotopic (exact) mass is 419 g/mol. The van der Waals surface area contributed by atoms with E-state index in [2.05, 4.69) is 15.8 Å². The molecule has 3 N–H and O–H groups in total. The van der Waals surface area contributed by atoms with Gasteiger partial charge in [0.2, 0.25) is 5.12 Å². The number of aromatic carboxylic acids is 1. The zero-order chi connectivity index (χ0) is 20.9. The summed E-state index contributed by atoms with van der Waals surface area (Å²) in [6.45, 7) is 0. The second kappa shape index (κ2) is 8.71. The van der Waals surface area contributed by atoms with Crippen LogP contribution in [0.15, 0.2) is 81.9 Å². The first-order valence-corrected chi connectivity index (χ1v) is 9.93. The zero-order valence-electron chi connectivity index (χ0n) is 15.6. The molecule has 0 aliphatic carbocycles. The molecule has 2 heterocycles. The maximum absolute atomic E-state index is 12.3. The molecule has 0 bridgehead atoms. The van der Waals surface area contributed by atoms with Crippen LogP contribution in [0.4, 0.5) is 0 Å². The molecule has 3 aromatic rings. The fourth-order valence-electron chi connectivity index (χ4n) is 2.81. The van der Waals surface area contributed by atoms with Crippen molar-refractivity contribution in [3.63, 3.8) is 0 Å². The molecule has 1 fully saturated rings. The lowest BCUT2D eigenvalue weighted by atomic mass is 10.1. The highest BCUT2D eigenvalue weighted by Gasteiger charge is 2.27. The third-order valence-corrected chi connectivity index (χ3v) is 5.14. The van der Waals surface area contributed by atoms with Crippen molar-refractivity contribution in [2.24, 2.45) is 5.10 Å². The van der Waals surface area contributed by atoms with Gasteiger partial charge in [-0.15, -0.1) is 0 Å². The smallest absolute Gasteiger partial charge is 0.335 e. The van der Waals surface area contributed by atoms with Crippen molar-refractivity contribution in [3.05, 3.63) is 89.3 Å². The molecule has 0 saturated carbocycles. The van der Waals surface area contributed by atoms with E-state index >= 15 is 0 Å². The molecule has 0 radical (unpaired) electrons. The molecule has 1 aliphatic rings. The molecular weight excluding hydrogens is 402 g/mol. The Bertz CT molecular complexity index is 1140. The van der Waals surface area contributed by atoms with Crippen molar-refractivity contribution in [1.82, 2.24) is 10.7 Å². The van der Waals surface area contributed by atoms with Crippen LogP contribution in [0.3, 0.4) is 0 Å². The van der Waals surface area contributed by atoms with Gasteiger partial charge >= 0.3 is 5.97 Å². The van der Waals surface area contributed by atoms with E-state index in [0.29, 0.717) is 22.8 Å². The molecule has 7 nitrogen and oxygen atoms in total. The van der Waals surface area contributed by atoms with E-state index in [9.17, 15) is 9.59 Å². The normalized spacial score (nSPS) is 17.4. The lowest BCUT2D eigenvalue weighted by Crippen LogP contribution is -2.30. The molecule has 1 aromatic heterocycles. The number of carboxylic acids is 1. The summed E-state index contributed by atoms with van der Waals surface area (Å²) in [6, 6.07) is 19.6. The van der Waals surface area contributed by atoms with Gasteiger partial charge in [-0.3, -0.25) is 10.2 Å². The Kier molecular flexibility index (Phi) is 5.67. The average molecular weight is 419 g/mol. The Labute approximate surface area is 176 Å². The van der Waals surface area contributed by atoms with Crippen molar-refractivity contribution in [3.8, 4) is 11.3 Å². The zero-order valence-corrected chi connectivity index (χ0v) is 16.4. The fourth-order valence-corrected chi connectivity index (χ4v) is 3.57. The Morgan fingerprint density at radius 3 is 2.77 bits per heavy atom. The fraction of sp³-hybridized carbons (Fsp3) is 0.0455. The molecule has 8 heteroatoms. The molecule has 4 rings (SSSR count). The van der Waals surface area contributed by atoms with Crippen LogP contribution in [0.2, 0.25) is 0 Å². The number of hydrogen-bond acceptors (Lipinski definition) is 7. The van der Waals surface area contributed by atoms with Gasteiger partial charge in [-0.25, -0.2) is 4.79 Å². The van der Waals surface area contributed by atoms with Crippen LogP contribution in [-0.4, -0.2) is 27.9 Å². The summed E-state index contributed by atoms with van der Waals surface area (Å²) in [5, 5.41) is 16.2. The Morgan fingerprint density at radius 2 is 1.97 bits per heavy atom. The molecule has 0 unspecified atom stereocenters. The van der Waals surface area contributed by atoms with Crippen LogP contribution in [-0.2, 0) is 4.79 Å². The Balaban J connectivity index is 1.43. The minimum absolute atomic E-state index is 0.131. The quantitative estimate of drug-likeness (QED) is 0.317. The third kappa shape index (κ3) is 4.61. The highest BCUT2D eigenvalue weighted by Crippen LogP contribution is 2.27. The van der Waals surface area contributed by atoms with Gasteiger partial charge in [-0.05, 0) is 41.6 Å². The number of hydrazone groups is 1. The lowest BCUT2D eigenvalue weighted by molar-refractivity contribution is -0.107. The molecular formula is C22H17N3O4S. The summed E-state index contributed by atoms with van der Waals surface area (Å²) < 4.78 is 5.77. The summed E-state index contributed by atoms with van der Waals surface area (Å²) in [6.07, 6.45) is 3.29. The van der Waals surface area contributed by atoms with Gasteiger partial charge in [0, 0.05) is 11.6 Å². The number of furan rings is 1. The van der Waals surface area contributed by atoms with Gasteiger partial charge in [0.25, 0.3) is 0 Å². The number of carboxylic acid groups (broad SMARTS) is 1. The van der Waals surface area contributed by atoms with E-state index in [1.807, 2.05) is 30.3 Å². The average Bonchev–Trinajstić information content (AvgIpc) is 3.36. The minimum Gasteiger partial charge on any atom is -0.478 e. The predicted molar refractivity (Wildman–Crippen MR) is 116 cm³/mol. The summed E-state index contributed by atoms with van der Waals surface area (Å²) in [7, 11) is 0. The van der Waals surface area contributed by atoms with Crippen molar-refractivity contribution in [2.75, 3.05) is 0 Å². The van der Waals surface area contributed by atoms with Gasteiger partial charge in [0.15, 0.2) is 5.50 Å². The number of nitrogens with zero attached hydrogens (tertiary/aromatic N) is 1.